The van der Waals surface area contributed by atoms with E-state index in [9.17, 15) is 0 Å². The molecule has 1 saturated heterocycles. The van der Waals surface area contributed by atoms with Crippen LogP contribution >= 0.6 is 0 Å². The van der Waals surface area contributed by atoms with Crippen LogP contribution in [0.2, 0.25) is 0 Å². The first-order valence-electron chi connectivity index (χ1n) is 9.96. The van der Waals surface area contributed by atoms with Crippen molar-refractivity contribution in [2.24, 2.45) is 16.8 Å². The van der Waals surface area contributed by atoms with Crippen LogP contribution in [0.1, 0.15) is 56.3 Å². The highest BCUT2D eigenvalue weighted by molar-refractivity contribution is 5.79. The van der Waals surface area contributed by atoms with Gasteiger partial charge in [-0.25, -0.2) is 0 Å². The molecule has 1 saturated carbocycles. The molecule has 2 unspecified atom stereocenters. The highest BCUT2D eigenvalue weighted by atomic mass is 16.5. The van der Waals surface area contributed by atoms with Gasteiger partial charge in [0, 0.05) is 32.2 Å². The number of benzene rings is 1. The van der Waals surface area contributed by atoms with Crippen LogP contribution in [0.15, 0.2) is 29.3 Å². The molecule has 1 aromatic rings. The lowest BCUT2D eigenvalue weighted by Gasteiger charge is -2.31. The zero-order chi connectivity index (χ0) is 17.5. The van der Waals surface area contributed by atoms with Crippen LogP contribution in [-0.2, 0) is 4.74 Å². The minimum Gasteiger partial charge on any atom is -0.373 e. The molecule has 25 heavy (non-hydrogen) atoms. The third-order valence-corrected chi connectivity index (χ3v) is 5.22. The molecule has 2 N–H and O–H groups in total. The van der Waals surface area contributed by atoms with Crippen molar-refractivity contribution in [3.05, 3.63) is 35.4 Å². The normalized spacial score (nSPS) is 24.2. The second-order valence-corrected chi connectivity index (χ2v) is 7.48. The number of nitrogens with one attached hydrogen (secondary N) is 2. The number of rotatable bonds is 7. The standard InChI is InChI=1S/C21H33N3O/c1-3-22-21(23-13-12-17-8-9-17)24-15-19-5-4-14-25-20(19)18-10-6-16(2)7-11-18/h6-7,10-11,17,19-20H,3-5,8-9,12-15H2,1-2H3,(H2,22,23,24). The maximum atomic E-state index is 6.12. The van der Waals surface area contributed by atoms with Crippen molar-refractivity contribution in [3.8, 4) is 0 Å². The molecule has 3 rings (SSSR count). The Kier molecular flexibility index (Phi) is 6.74. The third kappa shape index (κ3) is 5.74. The molecular weight excluding hydrogens is 310 g/mol. The van der Waals surface area contributed by atoms with Crippen LogP contribution in [0.25, 0.3) is 0 Å². The van der Waals surface area contributed by atoms with Gasteiger partial charge in [0.05, 0.1) is 6.10 Å². The first-order valence-corrected chi connectivity index (χ1v) is 9.96. The van der Waals surface area contributed by atoms with Crippen molar-refractivity contribution in [1.82, 2.24) is 10.6 Å². The Hall–Kier alpha value is -1.55. The van der Waals surface area contributed by atoms with E-state index in [1.807, 2.05) is 0 Å². The van der Waals surface area contributed by atoms with E-state index in [0.717, 1.165) is 44.5 Å². The Morgan fingerprint density at radius 1 is 1.16 bits per heavy atom. The van der Waals surface area contributed by atoms with E-state index in [1.165, 1.54) is 36.8 Å². The van der Waals surface area contributed by atoms with Crippen molar-refractivity contribution >= 4 is 5.96 Å². The molecule has 0 bridgehead atoms. The molecule has 4 heteroatoms. The quantitative estimate of drug-likeness (QED) is 0.584. The lowest BCUT2D eigenvalue weighted by atomic mass is 9.89. The van der Waals surface area contributed by atoms with Gasteiger partial charge in [-0.05, 0) is 44.6 Å². The highest BCUT2D eigenvalue weighted by Crippen LogP contribution is 2.34. The zero-order valence-corrected chi connectivity index (χ0v) is 15.8. The molecule has 2 atom stereocenters. The summed E-state index contributed by atoms with van der Waals surface area (Å²) in [6.45, 7) is 7.85. The van der Waals surface area contributed by atoms with Gasteiger partial charge in [-0.15, -0.1) is 0 Å². The first kappa shape index (κ1) is 18.2. The summed E-state index contributed by atoms with van der Waals surface area (Å²) in [5, 5.41) is 6.87. The molecule has 4 nitrogen and oxygen atoms in total. The van der Waals surface area contributed by atoms with Crippen LogP contribution in [0, 0.1) is 18.8 Å². The van der Waals surface area contributed by atoms with Crippen molar-refractivity contribution in [2.75, 3.05) is 26.2 Å². The van der Waals surface area contributed by atoms with Crippen molar-refractivity contribution in [1.29, 1.82) is 0 Å². The van der Waals surface area contributed by atoms with Gasteiger partial charge in [0.1, 0.15) is 0 Å². The van der Waals surface area contributed by atoms with Crippen molar-refractivity contribution in [2.45, 2.75) is 52.1 Å². The maximum absolute atomic E-state index is 6.12. The summed E-state index contributed by atoms with van der Waals surface area (Å²) in [4.78, 5) is 4.86. The minimum atomic E-state index is 0.174. The number of aliphatic imine (C=N–C) groups is 1. The number of nitrogens with zero attached hydrogens (tertiary/aromatic N) is 1. The van der Waals surface area contributed by atoms with Gasteiger partial charge in [0.2, 0.25) is 0 Å². The van der Waals surface area contributed by atoms with Crippen molar-refractivity contribution < 1.29 is 4.74 Å². The number of ether oxygens (including phenoxy) is 1. The van der Waals surface area contributed by atoms with E-state index in [1.54, 1.807) is 0 Å². The summed E-state index contributed by atoms with van der Waals surface area (Å²) in [6.07, 6.45) is 6.58. The van der Waals surface area contributed by atoms with Gasteiger partial charge in [-0.1, -0.05) is 42.7 Å². The van der Waals surface area contributed by atoms with Crippen LogP contribution in [0.4, 0.5) is 0 Å². The van der Waals surface area contributed by atoms with Gasteiger partial charge in [0.25, 0.3) is 0 Å². The van der Waals surface area contributed by atoms with E-state index in [2.05, 4.69) is 48.7 Å². The SMILES string of the molecule is CCNC(=NCC1CCCOC1c1ccc(C)cc1)NCCC1CC1. The molecule has 1 aliphatic carbocycles. The maximum Gasteiger partial charge on any atom is 0.191 e. The van der Waals surface area contributed by atoms with E-state index < -0.39 is 0 Å². The largest absolute Gasteiger partial charge is 0.373 e. The number of aryl methyl sites for hydroxylation is 1. The van der Waals surface area contributed by atoms with Crippen LogP contribution < -0.4 is 10.6 Å². The zero-order valence-electron chi connectivity index (χ0n) is 15.8. The Bertz CT molecular complexity index is 551. The molecule has 2 fully saturated rings. The average molecular weight is 344 g/mol. The fraction of sp³-hybridized carbons (Fsp3) is 0.667. The number of guanidine groups is 1. The van der Waals surface area contributed by atoms with Gasteiger partial charge < -0.3 is 15.4 Å². The highest BCUT2D eigenvalue weighted by Gasteiger charge is 2.27. The Morgan fingerprint density at radius 2 is 1.96 bits per heavy atom. The fourth-order valence-electron chi connectivity index (χ4n) is 3.51. The summed E-state index contributed by atoms with van der Waals surface area (Å²) in [5.41, 5.74) is 2.58. The second kappa shape index (κ2) is 9.23. The lowest BCUT2D eigenvalue weighted by molar-refractivity contribution is -0.0250. The van der Waals surface area contributed by atoms with Gasteiger partial charge in [0.15, 0.2) is 5.96 Å². The Balaban J connectivity index is 1.59. The second-order valence-electron chi connectivity index (χ2n) is 7.48. The van der Waals surface area contributed by atoms with Crippen LogP contribution in [-0.4, -0.2) is 32.2 Å². The van der Waals surface area contributed by atoms with Gasteiger partial charge in [-0.3, -0.25) is 4.99 Å². The summed E-state index contributed by atoms with van der Waals surface area (Å²) in [7, 11) is 0. The summed E-state index contributed by atoms with van der Waals surface area (Å²) < 4.78 is 6.12. The smallest absolute Gasteiger partial charge is 0.191 e. The fourth-order valence-corrected chi connectivity index (χ4v) is 3.51. The predicted octanol–water partition coefficient (Wildman–Crippen LogP) is 3.82. The van der Waals surface area contributed by atoms with E-state index in [0.29, 0.717) is 5.92 Å². The molecule has 1 heterocycles. The molecule has 138 valence electrons. The lowest BCUT2D eigenvalue weighted by Crippen LogP contribution is -2.38. The molecule has 1 aromatic carbocycles. The summed E-state index contributed by atoms with van der Waals surface area (Å²) >= 11 is 0. The molecule has 0 aromatic heterocycles. The molecular formula is C21H33N3O. The molecule has 0 spiro atoms. The van der Waals surface area contributed by atoms with Gasteiger partial charge in [-0.2, -0.15) is 0 Å². The molecule has 0 radical (unpaired) electrons. The predicted molar refractivity (Wildman–Crippen MR) is 104 cm³/mol. The topological polar surface area (TPSA) is 45.7 Å². The van der Waals surface area contributed by atoms with Crippen molar-refractivity contribution in [3.63, 3.8) is 0 Å². The van der Waals surface area contributed by atoms with Crippen LogP contribution in [0.3, 0.4) is 0 Å². The van der Waals surface area contributed by atoms with E-state index in [4.69, 9.17) is 9.73 Å². The number of hydrogen-bond donors (Lipinski definition) is 2. The minimum absolute atomic E-state index is 0.174. The van der Waals surface area contributed by atoms with Gasteiger partial charge >= 0.3 is 0 Å². The molecule has 0 amide bonds. The Morgan fingerprint density at radius 3 is 2.68 bits per heavy atom. The number of hydrogen-bond acceptors (Lipinski definition) is 2. The average Bonchev–Trinajstić information content (AvgIpc) is 3.45. The molecule has 1 aliphatic heterocycles. The molecule has 2 aliphatic rings. The van der Waals surface area contributed by atoms with Crippen LogP contribution in [0.5, 0.6) is 0 Å². The summed E-state index contributed by atoms with van der Waals surface area (Å²) in [6, 6.07) is 8.77. The first-order chi connectivity index (χ1) is 12.3. The van der Waals surface area contributed by atoms with E-state index in [-0.39, 0.29) is 6.10 Å². The van der Waals surface area contributed by atoms with E-state index >= 15 is 0 Å². The summed E-state index contributed by atoms with van der Waals surface area (Å²) in [5.74, 6) is 2.36. The third-order valence-electron chi connectivity index (χ3n) is 5.22. The Labute approximate surface area is 152 Å². The monoisotopic (exact) mass is 343 g/mol.